The minimum absolute atomic E-state index is 0.135. The lowest BCUT2D eigenvalue weighted by molar-refractivity contribution is -0.123. The zero-order chi connectivity index (χ0) is 13.8. The first-order valence-electron chi connectivity index (χ1n) is 6.36. The fourth-order valence-electron chi connectivity index (χ4n) is 2.39. The second-order valence-corrected chi connectivity index (χ2v) is 4.91. The number of rotatable bonds is 4. The molecule has 1 amide bonds. The standard InChI is InChI=1S/C14H17FN2O2/c15-12-5-1-3-10(7-12)13(18)9-17-6-2-4-11(8-17)14(16)19/h1,3,5,7,11H,2,4,6,8-9H2,(H2,16,19). The van der Waals surface area contributed by atoms with Gasteiger partial charge in [-0.2, -0.15) is 0 Å². The van der Waals surface area contributed by atoms with Crippen molar-refractivity contribution in [1.29, 1.82) is 0 Å². The average Bonchev–Trinajstić information content (AvgIpc) is 2.39. The number of hydrogen-bond acceptors (Lipinski definition) is 3. The molecule has 102 valence electrons. The molecule has 1 aliphatic rings. The number of likely N-dealkylation sites (tertiary alicyclic amines) is 1. The van der Waals surface area contributed by atoms with Crippen LogP contribution in [0.25, 0.3) is 0 Å². The lowest BCUT2D eigenvalue weighted by Crippen LogP contribution is -2.43. The van der Waals surface area contributed by atoms with E-state index >= 15 is 0 Å². The molecule has 0 spiro atoms. The molecule has 0 bridgehead atoms. The largest absolute Gasteiger partial charge is 0.369 e. The van der Waals surface area contributed by atoms with Crippen LogP contribution < -0.4 is 5.73 Å². The Morgan fingerprint density at radius 1 is 1.42 bits per heavy atom. The highest BCUT2D eigenvalue weighted by molar-refractivity contribution is 5.97. The Morgan fingerprint density at radius 2 is 2.21 bits per heavy atom. The van der Waals surface area contributed by atoms with Crippen LogP contribution in [0.5, 0.6) is 0 Å². The molecule has 1 fully saturated rings. The summed E-state index contributed by atoms with van der Waals surface area (Å²) in [6, 6.07) is 5.66. The fourth-order valence-corrected chi connectivity index (χ4v) is 2.39. The third-order valence-corrected chi connectivity index (χ3v) is 3.42. The Morgan fingerprint density at radius 3 is 2.89 bits per heavy atom. The lowest BCUT2D eigenvalue weighted by Gasteiger charge is -2.30. The summed E-state index contributed by atoms with van der Waals surface area (Å²) in [6.07, 6.45) is 1.63. The summed E-state index contributed by atoms with van der Waals surface area (Å²) in [7, 11) is 0. The maximum Gasteiger partial charge on any atom is 0.221 e. The minimum atomic E-state index is -0.417. The predicted octanol–water partition coefficient (Wildman–Crippen LogP) is 1.21. The number of nitrogens with two attached hydrogens (primary N) is 1. The zero-order valence-electron chi connectivity index (χ0n) is 10.6. The smallest absolute Gasteiger partial charge is 0.221 e. The van der Waals surface area contributed by atoms with Crippen LogP contribution in [0.1, 0.15) is 23.2 Å². The van der Waals surface area contributed by atoms with Gasteiger partial charge in [-0.1, -0.05) is 12.1 Å². The monoisotopic (exact) mass is 264 g/mol. The highest BCUT2D eigenvalue weighted by atomic mass is 19.1. The van der Waals surface area contributed by atoms with E-state index in [9.17, 15) is 14.0 Å². The number of halogens is 1. The summed E-state index contributed by atoms with van der Waals surface area (Å²) in [4.78, 5) is 25.1. The molecule has 5 heteroatoms. The first-order valence-corrected chi connectivity index (χ1v) is 6.36. The van der Waals surface area contributed by atoms with Crippen molar-refractivity contribution in [1.82, 2.24) is 4.90 Å². The van der Waals surface area contributed by atoms with Gasteiger partial charge in [0, 0.05) is 12.1 Å². The summed E-state index contributed by atoms with van der Waals surface area (Å²) in [5.41, 5.74) is 5.65. The Labute approximate surface area is 111 Å². The van der Waals surface area contributed by atoms with Crippen LogP contribution in [0.4, 0.5) is 4.39 Å². The maximum absolute atomic E-state index is 13.0. The average molecular weight is 264 g/mol. The zero-order valence-corrected chi connectivity index (χ0v) is 10.6. The van der Waals surface area contributed by atoms with Gasteiger partial charge >= 0.3 is 0 Å². The Balaban J connectivity index is 1.97. The highest BCUT2D eigenvalue weighted by Gasteiger charge is 2.25. The summed E-state index contributed by atoms with van der Waals surface area (Å²) < 4.78 is 13.0. The highest BCUT2D eigenvalue weighted by Crippen LogP contribution is 2.16. The Bertz CT molecular complexity index is 490. The van der Waals surface area contributed by atoms with Gasteiger partial charge in [0.05, 0.1) is 12.5 Å². The van der Waals surface area contributed by atoms with Gasteiger partial charge < -0.3 is 5.73 Å². The van der Waals surface area contributed by atoms with Crippen LogP contribution >= 0.6 is 0 Å². The van der Waals surface area contributed by atoms with Crippen molar-refractivity contribution in [3.63, 3.8) is 0 Å². The van der Waals surface area contributed by atoms with Crippen LogP contribution in [0, 0.1) is 11.7 Å². The second kappa shape index (κ2) is 5.93. The topological polar surface area (TPSA) is 63.4 Å². The molecule has 0 aliphatic carbocycles. The Kier molecular flexibility index (Phi) is 4.27. The normalized spacial score (nSPS) is 20.2. The van der Waals surface area contributed by atoms with E-state index in [1.165, 1.54) is 18.2 Å². The number of carbonyl (C=O) groups excluding carboxylic acids is 2. The number of primary amides is 1. The van der Waals surface area contributed by atoms with Crippen molar-refractivity contribution in [2.45, 2.75) is 12.8 Å². The molecular weight excluding hydrogens is 247 g/mol. The summed E-state index contributed by atoms with van der Waals surface area (Å²) in [5, 5.41) is 0. The van der Waals surface area contributed by atoms with E-state index in [4.69, 9.17) is 5.73 Å². The van der Waals surface area contributed by atoms with Gasteiger partial charge in [0.25, 0.3) is 0 Å². The van der Waals surface area contributed by atoms with Crippen LogP contribution in [-0.4, -0.2) is 36.2 Å². The molecular formula is C14H17FN2O2. The van der Waals surface area contributed by atoms with Crippen LogP contribution in [0.3, 0.4) is 0 Å². The number of piperidine rings is 1. The quantitative estimate of drug-likeness (QED) is 0.831. The van der Waals surface area contributed by atoms with Gasteiger partial charge in [-0.25, -0.2) is 4.39 Å². The summed E-state index contributed by atoms with van der Waals surface area (Å²) in [5.74, 6) is -1.05. The summed E-state index contributed by atoms with van der Waals surface area (Å²) in [6.45, 7) is 1.48. The molecule has 1 unspecified atom stereocenters. The van der Waals surface area contributed by atoms with E-state index in [1.807, 2.05) is 4.90 Å². The third-order valence-electron chi connectivity index (χ3n) is 3.42. The van der Waals surface area contributed by atoms with E-state index in [2.05, 4.69) is 0 Å². The van der Waals surface area contributed by atoms with Crippen molar-refractivity contribution >= 4 is 11.7 Å². The van der Waals surface area contributed by atoms with Crippen molar-refractivity contribution in [2.75, 3.05) is 19.6 Å². The molecule has 1 heterocycles. The number of hydrogen-bond donors (Lipinski definition) is 1. The van der Waals surface area contributed by atoms with Crippen molar-refractivity contribution in [3.05, 3.63) is 35.6 Å². The molecule has 1 atom stereocenters. The number of Topliss-reactive ketones (excluding diaryl/α,β-unsaturated/α-hetero) is 1. The molecule has 1 aromatic carbocycles. The number of amides is 1. The van der Waals surface area contributed by atoms with Crippen molar-refractivity contribution in [3.8, 4) is 0 Å². The fraction of sp³-hybridized carbons (Fsp3) is 0.429. The molecule has 1 aliphatic heterocycles. The van der Waals surface area contributed by atoms with E-state index in [0.29, 0.717) is 12.1 Å². The Hall–Kier alpha value is -1.75. The molecule has 0 saturated carbocycles. The van der Waals surface area contributed by atoms with E-state index in [0.717, 1.165) is 19.4 Å². The molecule has 1 aromatic rings. The van der Waals surface area contributed by atoms with E-state index in [1.54, 1.807) is 6.07 Å². The van der Waals surface area contributed by atoms with Gasteiger partial charge in [0.2, 0.25) is 5.91 Å². The minimum Gasteiger partial charge on any atom is -0.369 e. The molecule has 0 radical (unpaired) electrons. The molecule has 4 nitrogen and oxygen atoms in total. The van der Waals surface area contributed by atoms with E-state index < -0.39 is 5.82 Å². The van der Waals surface area contributed by atoms with Crippen molar-refractivity contribution in [2.24, 2.45) is 11.7 Å². The molecule has 0 aromatic heterocycles. The van der Waals surface area contributed by atoms with Crippen LogP contribution in [0.15, 0.2) is 24.3 Å². The first kappa shape index (κ1) is 13.7. The molecule has 1 saturated heterocycles. The van der Waals surface area contributed by atoms with Gasteiger partial charge in [0.1, 0.15) is 5.82 Å². The van der Waals surface area contributed by atoms with E-state index in [-0.39, 0.29) is 24.2 Å². The summed E-state index contributed by atoms with van der Waals surface area (Å²) >= 11 is 0. The van der Waals surface area contributed by atoms with Crippen molar-refractivity contribution < 1.29 is 14.0 Å². The second-order valence-electron chi connectivity index (χ2n) is 4.91. The lowest BCUT2D eigenvalue weighted by atomic mass is 9.97. The van der Waals surface area contributed by atoms with Gasteiger partial charge in [0.15, 0.2) is 5.78 Å². The number of carbonyl (C=O) groups is 2. The van der Waals surface area contributed by atoms with Gasteiger partial charge in [-0.15, -0.1) is 0 Å². The number of ketones is 1. The van der Waals surface area contributed by atoms with Gasteiger partial charge in [-0.05, 0) is 31.5 Å². The predicted molar refractivity (Wildman–Crippen MR) is 69.1 cm³/mol. The molecule has 2 rings (SSSR count). The maximum atomic E-state index is 13.0. The third kappa shape index (κ3) is 3.61. The molecule has 19 heavy (non-hydrogen) atoms. The van der Waals surface area contributed by atoms with Crippen LogP contribution in [0.2, 0.25) is 0 Å². The number of nitrogens with zero attached hydrogens (tertiary/aromatic N) is 1. The van der Waals surface area contributed by atoms with Crippen LogP contribution in [-0.2, 0) is 4.79 Å². The molecule has 2 N–H and O–H groups in total. The number of benzene rings is 1. The SMILES string of the molecule is NC(=O)C1CCCN(CC(=O)c2cccc(F)c2)C1. The first-order chi connectivity index (χ1) is 9.06. The van der Waals surface area contributed by atoms with Gasteiger partial charge in [-0.3, -0.25) is 14.5 Å².